The number of halogens is 3. The van der Waals surface area contributed by atoms with Gasteiger partial charge in [-0.15, -0.1) is 0 Å². The lowest BCUT2D eigenvalue weighted by molar-refractivity contribution is -0.147. The molecule has 0 bridgehead atoms. The monoisotopic (exact) mass is 251 g/mol. The minimum atomic E-state index is -4.24. The van der Waals surface area contributed by atoms with Gasteiger partial charge in [0.25, 0.3) is 0 Å². The summed E-state index contributed by atoms with van der Waals surface area (Å²) in [5.74, 6) is 1.18. The van der Waals surface area contributed by atoms with E-state index in [-0.39, 0.29) is 19.7 Å². The minimum absolute atomic E-state index is 0.105. The third-order valence-corrected chi connectivity index (χ3v) is 2.21. The van der Waals surface area contributed by atoms with Gasteiger partial charge in [-0.2, -0.15) is 13.2 Å². The standard InChI is InChI=1S/C11H16F3NO2/c1-9-3-4-10(17-9)7-15(5-2-6-16)8-11(12,13)14/h3-4,16H,2,5-8H2,1H3. The summed E-state index contributed by atoms with van der Waals surface area (Å²) in [6, 6.07) is 3.38. The number of alkyl halides is 3. The summed E-state index contributed by atoms with van der Waals surface area (Å²) in [6.45, 7) is 0.923. The van der Waals surface area contributed by atoms with Crippen molar-refractivity contribution in [3.05, 3.63) is 23.7 Å². The van der Waals surface area contributed by atoms with E-state index in [0.717, 1.165) is 0 Å². The van der Waals surface area contributed by atoms with E-state index < -0.39 is 12.7 Å². The van der Waals surface area contributed by atoms with Crippen LogP contribution >= 0.6 is 0 Å². The molecule has 0 amide bonds. The molecule has 0 aliphatic heterocycles. The van der Waals surface area contributed by atoms with Gasteiger partial charge in [0, 0.05) is 13.2 Å². The molecule has 17 heavy (non-hydrogen) atoms. The van der Waals surface area contributed by atoms with Crippen LogP contribution in [0.5, 0.6) is 0 Å². The Hall–Kier alpha value is -1.01. The molecule has 0 aliphatic rings. The second-order valence-corrected chi connectivity index (χ2v) is 3.92. The molecular weight excluding hydrogens is 235 g/mol. The largest absolute Gasteiger partial charge is 0.465 e. The van der Waals surface area contributed by atoms with Crippen LogP contribution in [0, 0.1) is 6.92 Å². The molecule has 0 spiro atoms. The van der Waals surface area contributed by atoms with E-state index in [4.69, 9.17) is 9.52 Å². The van der Waals surface area contributed by atoms with E-state index in [1.807, 2.05) is 0 Å². The average molecular weight is 251 g/mol. The first-order valence-corrected chi connectivity index (χ1v) is 5.36. The van der Waals surface area contributed by atoms with E-state index >= 15 is 0 Å². The van der Waals surface area contributed by atoms with Crippen molar-refractivity contribution in [3.8, 4) is 0 Å². The van der Waals surface area contributed by atoms with Gasteiger partial charge in [0.05, 0.1) is 13.1 Å². The Labute approximate surface area is 97.8 Å². The van der Waals surface area contributed by atoms with Crippen molar-refractivity contribution in [2.45, 2.75) is 26.1 Å². The summed E-state index contributed by atoms with van der Waals surface area (Å²) >= 11 is 0. The molecule has 0 atom stereocenters. The molecule has 0 aromatic carbocycles. The van der Waals surface area contributed by atoms with E-state index in [2.05, 4.69) is 0 Å². The fraction of sp³-hybridized carbons (Fsp3) is 0.636. The van der Waals surface area contributed by atoms with E-state index in [0.29, 0.717) is 17.9 Å². The predicted octanol–water partition coefficient (Wildman–Crippen LogP) is 2.33. The maximum Gasteiger partial charge on any atom is 0.401 e. The first-order chi connectivity index (χ1) is 7.90. The Morgan fingerprint density at radius 2 is 2.06 bits per heavy atom. The molecule has 3 nitrogen and oxygen atoms in total. The smallest absolute Gasteiger partial charge is 0.401 e. The molecule has 1 aromatic rings. The maximum absolute atomic E-state index is 12.3. The summed E-state index contributed by atoms with van der Waals surface area (Å²) in [7, 11) is 0. The van der Waals surface area contributed by atoms with E-state index in [1.54, 1.807) is 19.1 Å². The summed E-state index contributed by atoms with van der Waals surface area (Å²) in [5, 5.41) is 8.65. The minimum Gasteiger partial charge on any atom is -0.465 e. The topological polar surface area (TPSA) is 36.6 Å². The molecule has 1 aromatic heterocycles. The molecule has 6 heteroatoms. The number of aliphatic hydroxyl groups excluding tert-OH is 1. The van der Waals surface area contributed by atoms with Crippen LogP contribution < -0.4 is 0 Å². The van der Waals surface area contributed by atoms with Crippen LogP contribution in [0.1, 0.15) is 17.9 Å². The van der Waals surface area contributed by atoms with Gasteiger partial charge in [-0.1, -0.05) is 0 Å². The highest BCUT2D eigenvalue weighted by atomic mass is 19.4. The zero-order chi connectivity index (χ0) is 12.9. The van der Waals surface area contributed by atoms with Gasteiger partial charge in [-0.3, -0.25) is 4.90 Å². The van der Waals surface area contributed by atoms with Crippen molar-refractivity contribution in [2.24, 2.45) is 0 Å². The highest BCUT2D eigenvalue weighted by Gasteiger charge is 2.30. The molecule has 0 saturated carbocycles. The lowest BCUT2D eigenvalue weighted by Gasteiger charge is -2.22. The van der Waals surface area contributed by atoms with Crippen LogP contribution in [0.4, 0.5) is 13.2 Å². The Kier molecular flexibility index (Phi) is 5.02. The van der Waals surface area contributed by atoms with Crippen molar-refractivity contribution in [1.29, 1.82) is 0 Å². The van der Waals surface area contributed by atoms with Crippen LogP contribution in [0.3, 0.4) is 0 Å². The molecule has 1 rings (SSSR count). The highest BCUT2D eigenvalue weighted by Crippen LogP contribution is 2.19. The predicted molar refractivity (Wildman–Crippen MR) is 56.5 cm³/mol. The SMILES string of the molecule is Cc1ccc(CN(CCCO)CC(F)(F)F)o1. The van der Waals surface area contributed by atoms with Gasteiger partial charge in [-0.05, 0) is 25.5 Å². The Balaban J connectivity index is 2.56. The van der Waals surface area contributed by atoms with Gasteiger partial charge >= 0.3 is 6.18 Å². The molecule has 0 aliphatic carbocycles. The number of hydrogen-bond donors (Lipinski definition) is 1. The van der Waals surface area contributed by atoms with Crippen molar-refractivity contribution in [1.82, 2.24) is 4.90 Å². The van der Waals surface area contributed by atoms with Crippen LogP contribution in [0.25, 0.3) is 0 Å². The molecule has 1 heterocycles. The first kappa shape index (κ1) is 14.1. The number of furan rings is 1. The summed E-state index contributed by atoms with van der Waals surface area (Å²) in [6.07, 6.45) is -3.92. The van der Waals surface area contributed by atoms with Crippen molar-refractivity contribution < 1.29 is 22.7 Å². The van der Waals surface area contributed by atoms with Crippen molar-refractivity contribution >= 4 is 0 Å². The molecule has 0 saturated heterocycles. The zero-order valence-corrected chi connectivity index (χ0v) is 9.63. The van der Waals surface area contributed by atoms with Crippen LogP contribution in [0.2, 0.25) is 0 Å². The summed E-state index contributed by atoms with van der Waals surface area (Å²) in [5.41, 5.74) is 0. The Bertz CT molecular complexity index is 336. The second kappa shape index (κ2) is 6.07. The van der Waals surface area contributed by atoms with E-state index in [1.165, 1.54) is 4.90 Å². The van der Waals surface area contributed by atoms with E-state index in [9.17, 15) is 13.2 Å². The third kappa shape index (κ3) is 5.74. The summed E-state index contributed by atoms with van der Waals surface area (Å²) < 4.78 is 42.2. The number of hydrogen-bond acceptors (Lipinski definition) is 3. The van der Waals surface area contributed by atoms with Gasteiger partial charge in [0.2, 0.25) is 0 Å². The molecule has 0 fully saturated rings. The second-order valence-electron chi connectivity index (χ2n) is 3.92. The molecule has 0 unspecified atom stereocenters. The van der Waals surface area contributed by atoms with Crippen LogP contribution in [0.15, 0.2) is 16.5 Å². The third-order valence-electron chi connectivity index (χ3n) is 2.21. The molecule has 0 radical (unpaired) electrons. The van der Waals surface area contributed by atoms with Gasteiger partial charge < -0.3 is 9.52 Å². The fourth-order valence-corrected chi connectivity index (χ4v) is 1.55. The number of rotatable bonds is 6. The number of aliphatic hydroxyl groups is 1. The number of aryl methyl sites for hydroxylation is 1. The number of nitrogens with zero attached hydrogens (tertiary/aromatic N) is 1. The quantitative estimate of drug-likeness (QED) is 0.843. The average Bonchev–Trinajstić information content (AvgIpc) is 2.58. The van der Waals surface area contributed by atoms with Gasteiger partial charge in [-0.25, -0.2) is 0 Å². The molecular formula is C11H16F3NO2. The van der Waals surface area contributed by atoms with Crippen molar-refractivity contribution in [3.63, 3.8) is 0 Å². The first-order valence-electron chi connectivity index (χ1n) is 5.36. The van der Waals surface area contributed by atoms with Crippen LogP contribution in [-0.4, -0.2) is 35.9 Å². The summed E-state index contributed by atoms with van der Waals surface area (Å²) in [4.78, 5) is 1.22. The maximum atomic E-state index is 12.3. The molecule has 1 N–H and O–H groups in total. The zero-order valence-electron chi connectivity index (χ0n) is 9.63. The fourth-order valence-electron chi connectivity index (χ4n) is 1.55. The lowest BCUT2D eigenvalue weighted by Crippen LogP contribution is -2.34. The van der Waals surface area contributed by atoms with Gasteiger partial charge in [0.15, 0.2) is 0 Å². The normalized spacial score (nSPS) is 12.4. The van der Waals surface area contributed by atoms with Gasteiger partial charge in [0.1, 0.15) is 11.5 Å². The lowest BCUT2D eigenvalue weighted by atomic mass is 10.3. The van der Waals surface area contributed by atoms with Crippen molar-refractivity contribution in [2.75, 3.05) is 19.7 Å². The Morgan fingerprint density at radius 3 is 2.53 bits per heavy atom. The Morgan fingerprint density at radius 1 is 1.35 bits per heavy atom. The highest BCUT2D eigenvalue weighted by molar-refractivity contribution is 5.05. The molecule has 98 valence electrons. The van der Waals surface area contributed by atoms with Crippen LogP contribution in [-0.2, 0) is 6.54 Å².